The van der Waals surface area contributed by atoms with E-state index in [1.165, 1.54) is 90.1 Å². The van der Waals surface area contributed by atoms with Gasteiger partial charge in [0.1, 0.15) is 0 Å². The van der Waals surface area contributed by atoms with Gasteiger partial charge in [0.05, 0.1) is 6.17 Å². The summed E-state index contributed by atoms with van der Waals surface area (Å²) in [6.45, 7) is 7.11. The van der Waals surface area contributed by atoms with Crippen LogP contribution in [0.2, 0.25) is 0 Å². The van der Waals surface area contributed by atoms with Crippen LogP contribution in [0, 0.1) is 17.8 Å². The number of nitrogens with one attached hydrogen (secondary N) is 2. The van der Waals surface area contributed by atoms with Crippen LogP contribution >= 0.6 is 0 Å². The zero-order valence-corrected chi connectivity index (χ0v) is 15.2. The zero-order chi connectivity index (χ0) is 15.6. The number of hydrogen-bond donors (Lipinski definition) is 2. The fraction of sp³-hybridized carbons (Fsp3) is 1.00. The van der Waals surface area contributed by atoms with E-state index in [0.29, 0.717) is 6.17 Å². The molecule has 0 aromatic carbocycles. The van der Waals surface area contributed by atoms with Gasteiger partial charge in [0.15, 0.2) is 0 Å². The van der Waals surface area contributed by atoms with Gasteiger partial charge in [-0.2, -0.15) is 0 Å². The van der Waals surface area contributed by atoms with Crippen molar-refractivity contribution in [3.8, 4) is 0 Å². The first-order valence-corrected chi connectivity index (χ1v) is 10.3. The summed E-state index contributed by atoms with van der Waals surface area (Å²) in [7, 11) is 0. The molecule has 2 rings (SSSR count). The van der Waals surface area contributed by atoms with Gasteiger partial charge < -0.3 is 10.6 Å². The molecular weight excluding hydrogens is 268 g/mol. The third kappa shape index (κ3) is 6.20. The minimum absolute atomic E-state index is 0.610. The lowest BCUT2D eigenvalue weighted by Gasteiger charge is -2.39. The van der Waals surface area contributed by atoms with E-state index in [1.54, 1.807) is 0 Å². The van der Waals surface area contributed by atoms with E-state index in [1.807, 2.05) is 0 Å². The second-order valence-corrected chi connectivity index (χ2v) is 7.93. The Morgan fingerprint density at radius 3 is 1.77 bits per heavy atom. The fourth-order valence-electron chi connectivity index (χ4n) is 4.45. The largest absolute Gasteiger partial charge is 0.301 e. The average molecular weight is 309 g/mol. The number of unbranched alkanes of at least 4 members (excludes halogenated alkanes) is 4. The lowest BCUT2D eigenvalue weighted by Crippen LogP contribution is -2.56. The highest BCUT2D eigenvalue weighted by Gasteiger charge is 2.29. The van der Waals surface area contributed by atoms with E-state index in [4.69, 9.17) is 0 Å². The topological polar surface area (TPSA) is 24.1 Å². The predicted molar refractivity (Wildman–Crippen MR) is 97.0 cm³/mol. The summed E-state index contributed by atoms with van der Waals surface area (Å²) in [5.74, 6) is 2.79. The minimum atomic E-state index is 0.610. The molecule has 1 saturated carbocycles. The monoisotopic (exact) mass is 308 g/mol. The smallest absolute Gasteiger partial charge is 0.0600 e. The fourth-order valence-corrected chi connectivity index (χ4v) is 4.45. The Morgan fingerprint density at radius 1 is 0.682 bits per heavy atom. The Bertz CT molecular complexity index is 235. The summed E-state index contributed by atoms with van der Waals surface area (Å²) in [5.41, 5.74) is 0. The molecule has 0 unspecified atom stereocenters. The van der Waals surface area contributed by atoms with Crippen LogP contribution in [-0.2, 0) is 0 Å². The van der Waals surface area contributed by atoms with E-state index >= 15 is 0 Å². The van der Waals surface area contributed by atoms with Crippen LogP contribution in [0.5, 0.6) is 0 Å². The molecule has 0 spiro atoms. The summed E-state index contributed by atoms with van der Waals surface area (Å²) >= 11 is 0. The van der Waals surface area contributed by atoms with Gasteiger partial charge in [-0.3, -0.25) is 0 Å². The zero-order valence-electron chi connectivity index (χ0n) is 15.2. The highest BCUT2D eigenvalue weighted by atomic mass is 15.2. The summed E-state index contributed by atoms with van der Waals surface area (Å²) in [5, 5.41) is 7.64. The number of hydrogen-bond acceptors (Lipinski definition) is 2. The lowest BCUT2D eigenvalue weighted by atomic mass is 9.78. The summed E-state index contributed by atoms with van der Waals surface area (Å²) in [6, 6.07) is 0. The van der Waals surface area contributed by atoms with Crippen LogP contribution < -0.4 is 10.6 Å². The molecule has 0 aromatic rings. The molecule has 0 bridgehead atoms. The first kappa shape index (κ1) is 18.3. The standard InChI is InChI=1S/C20H40N2/c1-3-5-7-9-17-11-13-19(14-12-17)20-21-15-18(16-22-20)10-8-6-4-2/h17-22H,3-16H2,1-2H3. The van der Waals surface area contributed by atoms with Crippen LogP contribution in [0.1, 0.15) is 90.9 Å². The molecular formula is C20H40N2. The van der Waals surface area contributed by atoms with Crippen LogP contribution in [0.15, 0.2) is 0 Å². The van der Waals surface area contributed by atoms with Crippen molar-refractivity contribution in [2.75, 3.05) is 13.1 Å². The Morgan fingerprint density at radius 2 is 1.23 bits per heavy atom. The molecule has 2 fully saturated rings. The third-order valence-electron chi connectivity index (χ3n) is 6.05. The summed E-state index contributed by atoms with van der Waals surface area (Å²) < 4.78 is 0. The SMILES string of the molecule is CCCCCC1CCC(C2NCC(CCCCC)CN2)CC1. The van der Waals surface area contributed by atoms with Gasteiger partial charge in [0.25, 0.3) is 0 Å². The Balaban J connectivity index is 1.58. The molecule has 2 aliphatic rings. The molecule has 1 heterocycles. The average Bonchev–Trinajstić information content (AvgIpc) is 2.57. The Hall–Kier alpha value is -0.0800. The van der Waals surface area contributed by atoms with Gasteiger partial charge in [-0.25, -0.2) is 0 Å². The molecule has 130 valence electrons. The maximum atomic E-state index is 3.82. The minimum Gasteiger partial charge on any atom is -0.301 e. The van der Waals surface area contributed by atoms with Gasteiger partial charge in [0, 0.05) is 13.1 Å². The molecule has 1 saturated heterocycles. The van der Waals surface area contributed by atoms with E-state index in [2.05, 4.69) is 24.5 Å². The highest BCUT2D eigenvalue weighted by Crippen LogP contribution is 2.33. The highest BCUT2D eigenvalue weighted by molar-refractivity contribution is 4.85. The van der Waals surface area contributed by atoms with E-state index in [9.17, 15) is 0 Å². The molecule has 1 aliphatic heterocycles. The molecule has 2 nitrogen and oxygen atoms in total. The van der Waals surface area contributed by atoms with Gasteiger partial charge in [-0.05, 0) is 37.0 Å². The van der Waals surface area contributed by atoms with Crippen molar-refractivity contribution in [2.24, 2.45) is 17.8 Å². The molecule has 0 atom stereocenters. The van der Waals surface area contributed by atoms with Crippen molar-refractivity contribution in [3.05, 3.63) is 0 Å². The quantitative estimate of drug-likeness (QED) is 0.580. The predicted octanol–water partition coefficient (Wildman–Crippen LogP) is 5.09. The molecule has 0 aromatic heterocycles. The van der Waals surface area contributed by atoms with Gasteiger partial charge >= 0.3 is 0 Å². The maximum Gasteiger partial charge on any atom is 0.0600 e. The Labute approximate surface area is 139 Å². The molecule has 22 heavy (non-hydrogen) atoms. The van der Waals surface area contributed by atoms with Gasteiger partial charge in [0.2, 0.25) is 0 Å². The van der Waals surface area contributed by atoms with Crippen LogP contribution in [-0.4, -0.2) is 19.3 Å². The van der Waals surface area contributed by atoms with Crippen LogP contribution in [0.3, 0.4) is 0 Å². The second-order valence-electron chi connectivity index (χ2n) is 7.93. The van der Waals surface area contributed by atoms with Crippen molar-refractivity contribution in [3.63, 3.8) is 0 Å². The van der Waals surface area contributed by atoms with E-state index in [-0.39, 0.29) is 0 Å². The van der Waals surface area contributed by atoms with Crippen LogP contribution in [0.4, 0.5) is 0 Å². The van der Waals surface area contributed by atoms with Gasteiger partial charge in [-0.1, -0.05) is 71.6 Å². The van der Waals surface area contributed by atoms with Crippen molar-refractivity contribution < 1.29 is 0 Å². The molecule has 1 aliphatic carbocycles. The molecule has 2 heteroatoms. The van der Waals surface area contributed by atoms with E-state index < -0.39 is 0 Å². The summed E-state index contributed by atoms with van der Waals surface area (Å²) in [6.07, 6.45) is 17.8. The van der Waals surface area contributed by atoms with E-state index in [0.717, 1.165) is 17.8 Å². The first-order valence-electron chi connectivity index (χ1n) is 10.3. The maximum absolute atomic E-state index is 3.82. The molecule has 0 amide bonds. The van der Waals surface area contributed by atoms with Crippen LogP contribution in [0.25, 0.3) is 0 Å². The first-order chi connectivity index (χ1) is 10.8. The van der Waals surface area contributed by atoms with Crippen molar-refractivity contribution >= 4 is 0 Å². The third-order valence-corrected chi connectivity index (χ3v) is 6.05. The summed E-state index contributed by atoms with van der Waals surface area (Å²) in [4.78, 5) is 0. The Kier molecular flexibility index (Phi) is 8.84. The van der Waals surface area contributed by atoms with Crippen molar-refractivity contribution in [1.82, 2.24) is 10.6 Å². The normalized spacial score (nSPS) is 33.0. The van der Waals surface area contributed by atoms with Crippen molar-refractivity contribution in [1.29, 1.82) is 0 Å². The second kappa shape index (κ2) is 10.6. The lowest BCUT2D eigenvalue weighted by molar-refractivity contribution is 0.158. The van der Waals surface area contributed by atoms with Crippen molar-refractivity contribution in [2.45, 2.75) is 97.1 Å². The molecule has 0 radical (unpaired) electrons. The van der Waals surface area contributed by atoms with Gasteiger partial charge in [-0.15, -0.1) is 0 Å². The number of rotatable bonds is 9. The molecule has 2 N–H and O–H groups in total.